The van der Waals surface area contributed by atoms with Crippen molar-refractivity contribution in [2.24, 2.45) is 0 Å². The number of benzene rings is 1. The van der Waals surface area contributed by atoms with Gasteiger partial charge in [-0.15, -0.1) is 0 Å². The molecule has 1 aromatic rings. The third kappa shape index (κ3) is 4.53. The number of nitrogens with zero attached hydrogens (tertiary/aromatic N) is 1. The van der Waals surface area contributed by atoms with Gasteiger partial charge in [0.25, 0.3) is 0 Å². The van der Waals surface area contributed by atoms with Gasteiger partial charge in [0, 0.05) is 13.1 Å². The van der Waals surface area contributed by atoms with Gasteiger partial charge >= 0.3 is 0 Å². The maximum absolute atomic E-state index is 12.5. The third-order valence-electron chi connectivity index (χ3n) is 4.06. The van der Waals surface area contributed by atoms with E-state index >= 15 is 0 Å². The molecule has 21 heavy (non-hydrogen) atoms. The first-order valence-electron chi connectivity index (χ1n) is 7.69. The molecule has 118 valence electrons. The topological polar surface area (TPSA) is 57.6 Å². The molecule has 4 nitrogen and oxygen atoms in total. The lowest BCUT2D eigenvalue weighted by atomic mass is 10.0. The molecule has 1 fully saturated rings. The highest BCUT2D eigenvalue weighted by Crippen LogP contribution is 2.31. The highest BCUT2D eigenvalue weighted by atomic mass is 32.2. The number of hydrogen-bond acceptors (Lipinski definition) is 3. The highest BCUT2D eigenvalue weighted by molar-refractivity contribution is 7.89. The van der Waals surface area contributed by atoms with E-state index in [4.69, 9.17) is 0 Å². The average molecular weight is 311 g/mol. The fourth-order valence-electron chi connectivity index (χ4n) is 2.95. The molecule has 1 saturated carbocycles. The predicted molar refractivity (Wildman–Crippen MR) is 84.3 cm³/mol. The molecule has 0 bridgehead atoms. The monoisotopic (exact) mass is 311 g/mol. The standard InChI is InChI=1S/C16H25NO3S/c1-2-12-21(19,20)17(13-15-8-4-3-5-9-15)14-16(18)10-6-7-11-16/h3-5,8-9,18H,2,6-7,10-14H2,1H3. The van der Waals surface area contributed by atoms with Crippen LogP contribution < -0.4 is 0 Å². The summed E-state index contributed by atoms with van der Waals surface area (Å²) in [7, 11) is -3.32. The van der Waals surface area contributed by atoms with Crippen molar-refractivity contribution < 1.29 is 13.5 Å². The van der Waals surface area contributed by atoms with Gasteiger partial charge in [-0.1, -0.05) is 50.1 Å². The predicted octanol–water partition coefficient (Wildman–Crippen LogP) is 2.53. The molecule has 0 heterocycles. The van der Waals surface area contributed by atoms with E-state index < -0.39 is 15.6 Å². The Balaban J connectivity index is 2.18. The van der Waals surface area contributed by atoms with Gasteiger partial charge in [0.1, 0.15) is 0 Å². The molecule has 1 aromatic carbocycles. The summed E-state index contributed by atoms with van der Waals surface area (Å²) in [5, 5.41) is 10.6. The van der Waals surface area contributed by atoms with Crippen LogP contribution in [0.2, 0.25) is 0 Å². The van der Waals surface area contributed by atoms with Crippen LogP contribution in [0.4, 0.5) is 0 Å². The second kappa shape index (κ2) is 6.90. The highest BCUT2D eigenvalue weighted by Gasteiger charge is 2.36. The molecule has 2 rings (SSSR count). The molecule has 0 aliphatic heterocycles. The fourth-order valence-corrected chi connectivity index (χ4v) is 4.50. The fraction of sp³-hybridized carbons (Fsp3) is 0.625. The zero-order valence-corrected chi connectivity index (χ0v) is 13.5. The Morgan fingerprint density at radius 1 is 1.19 bits per heavy atom. The summed E-state index contributed by atoms with van der Waals surface area (Å²) >= 11 is 0. The SMILES string of the molecule is CCCS(=O)(=O)N(Cc1ccccc1)CC1(O)CCCC1. The summed E-state index contributed by atoms with van der Waals surface area (Å²) in [4.78, 5) is 0. The van der Waals surface area contributed by atoms with E-state index in [0.717, 1.165) is 18.4 Å². The van der Waals surface area contributed by atoms with Gasteiger partial charge < -0.3 is 5.11 Å². The molecule has 0 spiro atoms. The molecule has 5 heteroatoms. The van der Waals surface area contributed by atoms with Gasteiger partial charge in [-0.05, 0) is 24.8 Å². The Morgan fingerprint density at radius 3 is 2.38 bits per heavy atom. The first kappa shape index (κ1) is 16.5. The van der Waals surface area contributed by atoms with E-state index in [0.29, 0.717) is 25.8 Å². The van der Waals surface area contributed by atoms with Crippen LogP contribution in [-0.4, -0.2) is 35.7 Å². The van der Waals surface area contributed by atoms with E-state index in [9.17, 15) is 13.5 Å². The Morgan fingerprint density at radius 2 is 1.81 bits per heavy atom. The van der Waals surface area contributed by atoms with Crippen molar-refractivity contribution in [1.82, 2.24) is 4.31 Å². The van der Waals surface area contributed by atoms with Gasteiger partial charge in [-0.3, -0.25) is 0 Å². The summed E-state index contributed by atoms with van der Waals surface area (Å²) in [6.07, 6.45) is 3.93. The van der Waals surface area contributed by atoms with Crippen LogP contribution in [0.25, 0.3) is 0 Å². The molecular formula is C16H25NO3S. The van der Waals surface area contributed by atoms with Crippen LogP contribution in [0.15, 0.2) is 30.3 Å². The van der Waals surface area contributed by atoms with Crippen LogP contribution in [0, 0.1) is 0 Å². The van der Waals surface area contributed by atoms with E-state index in [2.05, 4.69) is 0 Å². The van der Waals surface area contributed by atoms with Crippen molar-refractivity contribution in [3.63, 3.8) is 0 Å². The lowest BCUT2D eigenvalue weighted by Crippen LogP contribution is -2.44. The molecule has 0 radical (unpaired) electrons. The van der Waals surface area contributed by atoms with Crippen molar-refractivity contribution in [2.75, 3.05) is 12.3 Å². The summed E-state index contributed by atoms with van der Waals surface area (Å²) < 4.78 is 26.4. The van der Waals surface area contributed by atoms with Crippen molar-refractivity contribution in [2.45, 2.75) is 51.2 Å². The summed E-state index contributed by atoms with van der Waals surface area (Å²) in [5.74, 6) is 0.135. The average Bonchev–Trinajstić information content (AvgIpc) is 2.86. The Labute approximate surface area is 127 Å². The largest absolute Gasteiger partial charge is 0.389 e. The van der Waals surface area contributed by atoms with E-state index in [1.165, 1.54) is 4.31 Å². The number of sulfonamides is 1. The minimum Gasteiger partial charge on any atom is -0.389 e. The normalized spacial score (nSPS) is 18.2. The third-order valence-corrected chi connectivity index (χ3v) is 6.03. The summed E-state index contributed by atoms with van der Waals surface area (Å²) in [5.41, 5.74) is 0.106. The quantitative estimate of drug-likeness (QED) is 0.842. The second-order valence-corrected chi connectivity index (χ2v) is 8.09. The molecule has 0 saturated heterocycles. The zero-order chi connectivity index (χ0) is 15.3. The van der Waals surface area contributed by atoms with Gasteiger partial charge in [0.2, 0.25) is 10.0 Å². The molecule has 0 aromatic heterocycles. The minimum atomic E-state index is -3.32. The van der Waals surface area contributed by atoms with Crippen LogP contribution in [-0.2, 0) is 16.6 Å². The first-order chi connectivity index (χ1) is 9.95. The summed E-state index contributed by atoms with van der Waals surface area (Å²) in [6.45, 7) is 2.41. The molecule has 0 atom stereocenters. The lowest BCUT2D eigenvalue weighted by molar-refractivity contribution is 0.0279. The van der Waals surface area contributed by atoms with Crippen LogP contribution >= 0.6 is 0 Å². The Kier molecular flexibility index (Phi) is 5.41. The molecule has 0 unspecified atom stereocenters. The molecule has 1 aliphatic rings. The zero-order valence-electron chi connectivity index (χ0n) is 12.7. The van der Waals surface area contributed by atoms with E-state index in [1.807, 2.05) is 37.3 Å². The van der Waals surface area contributed by atoms with Crippen molar-refractivity contribution in [3.05, 3.63) is 35.9 Å². The molecular weight excluding hydrogens is 286 g/mol. The van der Waals surface area contributed by atoms with Gasteiger partial charge in [-0.25, -0.2) is 8.42 Å². The number of hydrogen-bond donors (Lipinski definition) is 1. The van der Waals surface area contributed by atoms with Crippen LogP contribution in [0.3, 0.4) is 0 Å². The summed E-state index contributed by atoms with van der Waals surface area (Å²) in [6, 6.07) is 9.58. The molecule has 1 N–H and O–H groups in total. The van der Waals surface area contributed by atoms with Gasteiger partial charge in [0.15, 0.2) is 0 Å². The number of rotatable bonds is 7. The minimum absolute atomic E-state index is 0.135. The maximum atomic E-state index is 12.5. The first-order valence-corrected chi connectivity index (χ1v) is 9.30. The molecule has 0 amide bonds. The van der Waals surface area contributed by atoms with E-state index in [1.54, 1.807) is 0 Å². The smallest absolute Gasteiger partial charge is 0.214 e. The Hall–Kier alpha value is -0.910. The lowest BCUT2D eigenvalue weighted by Gasteiger charge is -2.30. The molecule has 1 aliphatic carbocycles. The van der Waals surface area contributed by atoms with Crippen LogP contribution in [0.1, 0.15) is 44.6 Å². The van der Waals surface area contributed by atoms with Crippen molar-refractivity contribution in [1.29, 1.82) is 0 Å². The number of aliphatic hydroxyl groups is 1. The van der Waals surface area contributed by atoms with E-state index in [-0.39, 0.29) is 12.3 Å². The van der Waals surface area contributed by atoms with Gasteiger partial charge in [-0.2, -0.15) is 4.31 Å². The maximum Gasteiger partial charge on any atom is 0.214 e. The van der Waals surface area contributed by atoms with Crippen molar-refractivity contribution >= 4 is 10.0 Å². The van der Waals surface area contributed by atoms with Crippen LogP contribution in [0.5, 0.6) is 0 Å². The Bertz CT molecular complexity index is 536. The van der Waals surface area contributed by atoms with Crippen molar-refractivity contribution in [3.8, 4) is 0 Å². The van der Waals surface area contributed by atoms with Gasteiger partial charge in [0.05, 0.1) is 11.4 Å². The second-order valence-electron chi connectivity index (χ2n) is 6.00.